The number of rotatable bonds is 3. The molecule has 3 heterocycles. The van der Waals surface area contributed by atoms with Gasteiger partial charge in [0.05, 0.1) is 23.1 Å². The molecule has 1 amide bonds. The highest BCUT2D eigenvalue weighted by Crippen LogP contribution is 2.31. The number of carbonyl (C=O) groups excluding carboxylic acids is 1. The normalized spacial score (nSPS) is 18.8. The SMILES string of the molecule is Cc1ncsc1C(=O)N1CC[C@@H](c2[nH]ncc2S(C)(=O)=O)C1. The monoisotopic (exact) mass is 340 g/mol. The summed E-state index contributed by atoms with van der Waals surface area (Å²) in [7, 11) is -3.32. The molecule has 1 saturated heterocycles. The summed E-state index contributed by atoms with van der Waals surface area (Å²) in [5.74, 6) is -0.0766. The van der Waals surface area contributed by atoms with Gasteiger partial charge in [-0.3, -0.25) is 9.89 Å². The summed E-state index contributed by atoms with van der Waals surface area (Å²) in [6, 6.07) is 0. The van der Waals surface area contributed by atoms with Crippen LogP contribution in [0.15, 0.2) is 16.6 Å². The predicted octanol–water partition coefficient (Wildman–Crippen LogP) is 1.21. The molecule has 2 aromatic heterocycles. The quantitative estimate of drug-likeness (QED) is 0.906. The zero-order valence-corrected chi connectivity index (χ0v) is 13.9. The van der Waals surface area contributed by atoms with Crippen molar-refractivity contribution in [2.75, 3.05) is 19.3 Å². The van der Waals surface area contributed by atoms with E-state index in [1.807, 2.05) is 6.92 Å². The molecule has 0 saturated carbocycles. The number of amides is 1. The molecule has 118 valence electrons. The number of nitrogens with zero attached hydrogens (tertiary/aromatic N) is 3. The Kier molecular flexibility index (Phi) is 3.77. The number of carbonyl (C=O) groups is 1. The summed E-state index contributed by atoms with van der Waals surface area (Å²) >= 11 is 1.33. The average molecular weight is 340 g/mol. The van der Waals surface area contributed by atoms with Crippen LogP contribution < -0.4 is 0 Å². The molecule has 0 bridgehead atoms. The van der Waals surface area contributed by atoms with E-state index >= 15 is 0 Å². The fourth-order valence-electron chi connectivity index (χ4n) is 2.70. The van der Waals surface area contributed by atoms with Gasteiger partial charge in [0.25, 0.3) is 5.91 Å². The van der Waals surface area contributed by atoms with Crippen LogP contribution in [-0.2, 0) is 9.84 Å². The lowest BCUT2D eigenvalue weighted by atomic mass is 10.1. The van der Waals surface area contributed by atoms with Crippen molar-refractivity contribution >= 4 is 27.1 Å². The molecule has 1 aliphatic rings. The van der Waals surface area contributed by atoms with Crippen molar-refractivity contribution in [1.29, 1.82) is 0 Å². The fraction of sp³-hybridized carbons (Fsp3) is 0.462. The predicted molar refractivity (Wildman–Crippen MR) is 81.8 cm³/mol. The number of sulfone groups is 1. The third-order valence-corrected chi connectivity index (χ3v) is 5.90. The topological polar surface area (TPSA) is 96.0 Å². The van der Waals surface area contributed by atoms with Crippen LogP contribution >= 0.6 is 11.3 Å². The largest absolute Gasteiger partial charge is 0.337 e. The van der Waals surface area contributed by atoms with Gasteiger partial charge in [0.1, 0.15) is 9.77 Å². The number of aromatic amines is 1. The second kappa shape index (κ2) is 5.47. The average Bonchev–Trinajstić information content (AvgIpc) is 3.16. The third-order valence-electron chi connectivity index (χ3n) is 3.86. The van der Waals surface area contributed by atoms with E-state index in [9.17, 15) is 13.2 Å². The molecule has 3 rings (SSSR count). The molecule has 1 fully saturated rings. The third kappa shape index (κ3) is 2.66. The number of nitrogens with one attached hydrogen (secondary N) is 1. The van der Waals surface area contributed by atoms with Crippen LogP contribution in [0.1, 0.15) is 33.4 Å². The molecule has 1 atom stereocenters. The van der Waals surface area contributed by atoms with Crippen LogP contribution in [0.2, 0.25) is 0 Å². The van der Waals surface area contributed by atoms with E-state index in [1.165, 1.54) is 23.8 Å². The van der Waals surface area contributed by atoms with Gasteiger partial charge in [-0.15, -0.1) is 11.3 Å². The molecule has 0 radical (unpaired) electrons. The minimum Gasteiger partial charge on any atom is -0.337 e. The molecule has 22 heavy (non-hydrogen) atoms. The van der Waals surface area contributed by atoms with Gasteiger partial charge in [0, 0.05) is 25.3 Å². The number of likely N-dealkylation sites (tertiary alicyclic amines) is 1. The maximum atomic E-state index is 12.5. The molecule has 0 spiro atoms. The van der Waals surface area contributed by atoms with Crippen molar-refractivity contribution in [3.8, 4) is 0 Å². The second-order valence-corrected chi connectivity index (χ2v) is 8.26. The number of aryl methyl sites for hydroxylation is 1. The van der Waals surface area contributed by atoms with Crippen LogP contribution in [0, 0.1) is 6.92 Å². The van der Waals surface area contributed by atoms with Crippen LogP contribution in [-0.4, -0.2) is 53.8 Å². The fourth-order valence-corrected chi connectivity index (χ4v) is 4.33. The lowest BCUT2D eigenvalue weighted by Crippen LogP contribution is -2.28. The molecule has 1 aliphatic heterocycles. The number of thiazole rings is 1. The van der Waals surface area contributed by atoms with Crippen molar-refractivity contribution in [3.05, 3.63) is 28.0 Å². The Morgan fingerprint density at radius 2 is 2.27 bits per heavy atom. The smallest absolute Gasteiger partial charge is 0.265 e. The van der Waals surface area contributed by atoms with Crippen molar-refractivity contribution in [2.45, 2.75) is 24.2 Å². The highest BCUT2D eigenvalue weighted by atomic mass is 32.2. The first-order chi connectivity index (χ1) is 10.4. The van der Waals surface area contributed by atoms with Crippen molar-refractivity contribution < 1.29 is 13.2 Å². The molecule has 9 heteroatoms. The van der Waals surface area contributed by atoms with Gasteiger partial charge >= 0.3 is 0 Å². The van der Waals surface area contributed by atoms with Crippen LogP contribution in [0.5, 0.6) is 0 Å². The van der Waals surface area contributed by atoms with E-state index in [0.29, 0.717) is 30.1 Å². The summed E-state index contributed by atoms with van der Waals surface area (Å²) in [4.78, 5) is 19.2. The first-order valence-electron chi connectivity index (χ1n) is 6.80. The summed E-state index contributed by atoms with van der Waals surface area (Å²) in [5, 5.41) is 6.63. The summed E-state index contributed by atoms with van der Waals surface area (Å²) < 4.78 is 23.5. The number of hydrogen-bond acceptors (Lipinski definition) is 6. The molecule has 0 aromatic carbocycles. The zero-order chi connectivity index (χ0) is 15.9. The Bertz CT molecular complexity index is 809. The van der Waals surface area contributed by atoms with E-state index in [-0.39, 0.29) is 16.7 Å². The van der Waals surface area contributed by atoms with Crippen molar-refractivity contribution in [3.63, 3.8) is 0 Å². The van der Waals surface area contributed by atoms with Gasteiger partial charge in [-0.2, -0.15) is 5.10 Å². The summed E-state index contributed by atoms with van der Waals surface area (Å²) in [5.41, 5.74) is 2.99. The number of aromatic nitrogens is 3. The van der Waals surface area contributed by atoms with Gasteiger partial charge in [0.2, 0.25) is 0 Å². The van der Waals surface area contributed by atoms with E-state index in [4.69, 9.17) is 0 Å². The first kappa shape index (κ1) is 15.2. The highest BCUT2D eigenvalue weighted by molar-refractivity contribution is 7.90. The summed E-state index contributed by atoms with van der Waals surface area (Å²) in [6.07, 6.45) is 3.22. The number of H-pyrrole nitrogens is 1. The van der Waals surface area contributed by atoms with Gasteiger partial charge < -0.3 is 4.90 Å². The van der Waals surface area contributed by atoms with Gasteiger partial charge in [0.15, 0.2) is 9.84 Å². The molecular formula is C13H16N4O3S2. The van der Waals surface area contributed by atoms with Crippen LogP contribution in [0.25, 0.3) is 0 Å². The van der Waals surface area contributed by atoms with E-state index in [2.05, 4.69) is 15.2 Å². The highest BCUT2D eigenvalue weighted by Gasteiger charge is 2.33. The molecule has 1 N–H and O–H groups in total. The first-order valence-corrected chi connectivity index (χ1v) is 9.57. The molecule has 7 nitrogen and oxygen atoms in total. The maximum absolute atomic E-state index is 12.5. The maximum Gasteiger partial charge on any atom is 0.265 e. The second-order valence-electron chi connectivity index (χ2n) is 5.42. The summed E-state index contributed by atoms with van der Waals surface area (Å²) in [6.45, 7) is 2.90. The Balaban J connectivity index is 1.80. The Hall–Kier alpha value is -1.74. The standard InChI is InChI=1S/C13H16N4O3S2/c1-8-12(21-7-14-8)13(18)17-4-3-9(6-17)11-10(5-15-16-11)22(2,19)20/h5,7,9H,3-4,6H2,1-2H3,(H,15,16)/t9-/m1/s1. The Labute approximate surface area is 132 Å². The molecular weight excluding hydrogens is 324 g/mol. The minimum atomic E-state index is -3.32. The van der Waals surface area contributed by atoms with Gasteiger partial charge in [-0.05, 0) is 13.3 Å². The minimum absolute atomic E-state index is 0.0376. The van der Waals surface area contributed by atoms with Crippen molar-refractivity contribution in [2.24, 2.45) is 0 Å². The zero-order valence-electron chi connectivity index (χ0n) is 12.2. The van der Waals surface area contributed by atoms with E-state index in [0.717, 1.165) is 5.69 Å². The molecule has 0 unspecified atom stereocenters. The van der Waals surface area contributed by atoms with E-state index in [1.54, 1.807) is 10.4 Å². The lowest BCUT2D eigenvalue weighted by molar-refractivity contribution is 0.0794. The molecule has 0 aliphatic carbocycles. The van der Waals surface area contributed by atoms with E-state index < -0.39 is 9.84 Å². The van der Waals surface area contributed by atoms with Crippen LogP contribution in [0.4, 0.5) is 0 Å². The van der Waals surface area contributed by atoms with Gasteiger partial charge in [-0.1, -0.05) is 0 Å². The molecule has 2 aromatic rings. The lowest BCUT2D eigenvalue weighted by Gasteiger charge is -2.15. The Morgan fingerprint density at radius 3 is 2.91 bits per heavy atom. The van der Waals surface area contributed by atoms with Gasteiger partial charge in [-0.25, -0.2) is 13.4 Å². The Morgan fingerprint density at radius 1 is 1.50 bits per heavy atom. The van der Waals surface area contributed by atoms with Crippen molar-refractivity contribution in [1.82, 2.24) is 20.1 Å². The van der Waals surface area contributed by atoms with Crippen LogP contribution in [0.3, 0.4) is 0 Å². The number of hydrogen-bond donors (Lipinski definition) is 1.